The Balaban J connectivity index is 1.73. The van der Waals surface area contributed by atoms with Gasteiger partial charge < -0.3 is 15.5 Å². The molecule has 1 aromatic carbocycles. The van der Waals surface area contributed by atoms with Gasteiger partial charge in [-0.05, 0) is 56.0 Å². The molecule has 1 aromatic rings. The average molecular weight is 411 g/mol. The van der Waals surface area contributed by atoms with Crippen LogP contribution in [0.25, 0.3) is 0 Å². The molecule has 1 heterocycles. The van der Waals surface area contributed by atoms with Crippen molar-refractivity contribution in [3.8, 4) is 0 Å². The zero-order chi connectivity index (χ0) is 20.6. The van der Waals surface area contributed by atoms with Crippen LogP contribution in [0.15, 0.2) is 29.2 Å². The molecule has 0 aliphatic carbocycles. The smallest absolute Gasteiger partial charge is 0.238 e. The van der Waals surface area contributed by atoms with Crippen LogP contribution in [0.5, 0.6) is 0 Å². The number of sulfonamides is 1. The second-order valence-electron chi connectivity index (χ2n) is 7.23. The molecule has 1 saturated heterocycles. The Bertz CT molecular complexity index is 765. The van der Waals surface area contributed by atoms with Gasteiger partial charge in [0.15, 0.2) is 0 Å². The van der Waals surface area contributed by atoms with Crippen LogP contribution in [0.2, 0.25) is 0 Å². The topological polar surface area (TPSA) is 122 Å². The maximum Gasteiger partial charge on any atom is 0.238 e. The van der Waals surface area contributed by atoms with Crippen LogP contribution in [-0.4, -0.2) is 51.3 Å². The Morgan fingerprint density at radius 2 is 1.89 bits per heavy atom. The number of carbonyl (C=O) groups is 2. The van der Waals surface area contributed by atoms with E-state index in [1.165, 1.54) is 24.3 Å². The fourth-order valence-corrected chi connectivity index (χ4v) is 3.82. The first-order valence-corrected chi connectivity index (χ1v) is 11.2. The van der Waals surface area contributed by atoms with Crippen LogP contribution in [0.3, 0.4) is 0 Å². The third-order valence-electron chi connectivity index (χ3n) is 4.79. The summed E-state index contributed by atoms with van der Waals surface area (Å²) in [5.41, 5.74) is 0.535. The van der Waals surface area contributed by atoms with Crippen LogP contribution >= 0.6 is 0 Å². The summed E-state index contributed by atoms with van der Waals surface area (Å²) in [4.78, 5) is 26.0. The molecule has 0 spiro atoms. The van der Waals surface area contributed by atoms with E-state index in [4.69, 9.17) is 5.14 Å². The minimum atomic E-state index is -3.74. The number of nitrogens with zero attached hydrogens (tertiary/aromatic N) is 1. The molecule has 9 heteroatoms. The standard InChI is InChI=1S/C19H30N4O4S/c1-2-4-18(24)21-13-15-5-3-11-23(14-15)12-10-19(25)22-16-6-8-17(9-7-16)28(20,26)27/h6-9,15H,2-5,10-14H2,1H3,(H,21,24)(H,22,25)(H2,20,26,27). The number of piperidine rings is 1. The van der Waals surface area contributed by atoms with E-state index in [9.17, 15) is 18.0 Å². The fourth-order valence-electron chi connectivity index (χ4n) is 3.31. The summed E-state index contributed by atoms with van der Waals surface area (Å²) in [5, 5.41) is 10.8. The lowest BCUT2D eigenvalue weighted by atomic mass is 9.97. The molecule has 2 amide bonds. The van der Waals surface area contributed by atoms with Gasteiger partial charge in [0.1, 0.15) is 0 Å². The van der Waals surface area contributed by atoms with Gasteiger partial charge in [0, 0.05) is 38.2 Å². The Kier molecular flexibility index (Phi) is 8.40. The Labute approximate surface area is 166 Å². The van der Waals surface area contributed by atoms with Gasteiger partial charge in [-0.2, -0.15) is 0 Å². The van der Waals surface area contributed by atoms with Crippen molar-refractivity contribution in [1.29, 1.82) is 0 Å². The van der Waals surface area contributed by atoms with E-state index in [1.54, 1.807) is 0 Å². The molecular formula is C19H30N4O4S. The van der Waals surface area contributed by atoms with E-state index in [2.05, 4.69) is 15.5 Å². The van der Waals surface area contributed by atoms with Gasteiger partial charge in [-0.25, -0.2) is 13.6 Å². The molecule has 0 saturated carbocycles. The van der Waals surface area contributed by atoms with E-state index in [-0.39, 0.29) is 16.7 Å². The molecule has 4 N–H and O–H groups in total. The third kappa shape index (κ3) is 7.57. The highest BCUT2D eigenvalue weighted by atomic mass is 32.2. The predicted molar refractivity (Wildman–Crippen MR) is 108 cm³/mol. The quantitative estimate of drug-likeness (QED) is 0.566. The molecule has 1 atom stereocenters. The second-order valence-corrected chi connectivity index (χ2v) is 8.79. The molecule has 1 fully saturated rings. The number of rotatable bonds is 9. The number of hydrogen-bond acceptors (Lipinski definition) is 5. The molecule has 0 radical (unpaired) electrons. The molecule has 1 unspecified atom stereocenters. The zero-order valence-corrected chi connectivity index (χ0v) is 17.1. The lowest BCUT2D eigenvalue weighted by Gasteiger charge is -2.32. The van der Waals surface area contributed by atoms with Gasteiger partial charge in [-0.3, -0.25) is 9.59 Å². The Morgan fingerprint density at radius 1 is 1.18 bits per heavy atom. The predicted octanol–water partition coefficient (Wildman–Crippen LogP) is 1.29. The molecule has 8 nitrogen and oxygen atoms in total. The number of nitrogens with one attached hydrogen (secondary N) is 2. The second kappa shape index (κ2) is 10.5. The first-order valence-electron chi connectivity index (χ1n) is 9.69. The van der Waals surface area contributed by atoms with Gasteiger partial charge in [-0.15, -0.1) is 0 Å². The van der Waals surface area contributed by atoms with Gasteiger partial charge in [0.25, 0.3) is 0 Å². The van der Waals surface area contributed by atoms with Crippen molar-refractivity contribution in [2.75, 3.05) is 31.5 Å². The summed E-state index contributed by atoms with van der Waals surface area (Å²) in [5.74, 6) is 0.401. The van der Waals surface area contributed by atoms with Gasteiger partial charge in [0.2, 0.25) is 21.8 Å². The van der Waals surface area contributed by atoms with Gasteiger partial charge in [0.05, 0.1) is 4.90 Å². The van der Waals surface area contributed by atoms with Crippen LogP contribution in [0.1, 0.15) is 39.0 Å². The lowest BCUT2D eigenvalue weighted by Crippen LogP contribution is -2.41. The Hall–Kier alpha value is -1.97. The molecule has 0 aromatic heterocycles. The van der Waals surface area contributed by atoms with Gasteiger partial charge >= 0.3 is 0 Å². The van der Waals surface area contributed by atoms with E-state index in [1.807, 2.05) is 6.92 Å². The molecule has 1 aliphatic heterocycles. The first-order chi connectivity index (χ1) is 13.3. The summed E-state index contributed by atoms with van der Waals surface area (Å²) in [6, 6.07) is 5.78. The van der Waals surface area contributed by atoms with Crippen molar-refractivity contribution in [3.63, 3.8) is 0 Å². The van der Waals surface area contributed by atoms with Gasteiger partial charge in [-0.1, -0.05) is 6.92 Å². The monoisotopic (exact) mass is 410 g/mol. The molecule has 2 rings (SSSR count). The SMILES string of the molecule is CCCC(=O)NCC1CCCN(CCC(=O)Nc2ccc(S(N)(=O)=O)cc2)C1. The number of likely N-dealkylation sites (tertiary alicyclic amines) is 1. The van der Waals surface area contributed by atoms with Crippen molar-refractivity contribution in [2.45, 2.75) is 43.9 Å². The summed E-state index contributed by atoms with van der Waals surface area (Å²) in [7, 11) is -3.74. The van der Waals surface area contributed by atoms with Crippen LogP contribution < -0.4 is 15.8 Å². The van der Waals surface area contributed by atoms with E-state index >= 15 is 0 Å². The third-order valence-corrected chi connectivity index (χ3v) is 5.72. The lowest BCUT2D eigenvalue weighted by molar-refractivity contribution is -0.121. The molecular weight excluding hydrogens is 380 g/mol. The number of hydrogen-bond donors (Lipinski definition) is 3. The highest BCUT2D eigenvalue weighted by molar-refractivity contribution is 7.89. The van der Waals surface area contributed by atoms with Crippen LogP contribution in [-0.2, 0) is 19.6 Å². The van der Waals surface area contributed by atoms with E-state index < -0.39 is 10.0 Å². The minimum Gasteiger partial charge on any atom is -0.356 e. The molecule has 28 heavy (non-hydrogen) atoms. The number of primary sulfonamides is 1. The van der Waals surface area contributed by atoms with Crippen molar-refractivity contribution in [3.05, 3.63) is 24.3 Å². The summed E-state index contributed by atoms with van der Waals surface area (Å²) >= 11 is 0. The summed E-state index contributed by atoms with van der Waals surface area (Å²) in [6.45, 7) is 5.17. The zero-order valence-electron chi connectivity index (χ0n) is 16.3. The average Bonchev–Trinajstić information content (AvgIpc) is 2.65. The maximum atomic E-state index is 12.2. The van der Waals surface area contributed by atoms with Crippen molar-refractivity contribution in [2.24, 2.45) is 11.1 Å². The number of nitrogens with two attached hydrogens (primary N) is 1. The number of benzene rings is 1. The molecule has 1 aliphatic rings. The fraction of sp³-hybridized carbons (Fsp3) is 0.579. The first kappa shape index (κ1) is 22.3. The maximum absolute atomic E-state index is 12.2. The number of carbonyl (C=O) groups excluding carboxylic acids is 2. The minimum absolute atomic E-state index is 0.0101. The largest absolute Gasteiger partial charge is 0.356 e. The Morgan fingerprint density at radius 3 is 2.54 bits per heavy atom. The normalized spacial score (nSPS) is 17.9. The van der Waals surface area contributed by atoms with Crippen LogP contribution in [0, 0.1) is 5.92 Å². The highest BCUT2D eigenvalue weighted by Gasteiger charge is 2.20. The number of amides is 2. The number of anilines is 1. The molecule has 156 valence electrons. The van der Waals surface area contributed by atoms with E-state index in [0.717, 1.165) is 32.4 Å². The highest BCUT2D eigenvalue weighted by Crippen LogP contribution is 2.17. The van der Waals surface area contributed by atoms with Crippen molar-refractivity contribution < 1.29 is 18.0 Å². The van der Waals surface area contributed by atoms with Crippen molar-refractivity contribution >= 4 is 27.5 Å². The molecule has 0 bridgehead atoms. The van der Waals surface area contributed by atoms with Crippen LogP contribution in [0.4, 0.5) is 5.69 Å². The summed E-state index contributed by atoms with van der Waals surface area (Å²) in [6.07, 6.45) is 3.92. The van der Waals surface area contributed by atoms with E-state index in [0.29, 0.717) is 37.5 Å². The summed E-state index contributed by atoms with van der Waals surface area (Å²) < 4.78 is 22.5. The van der Waals surface area contributed by atoms with Crippen molar-refractivity contribution in [1.82, 2.24) is 10.2 Å².